The molecule has 1 amide bonds. The van der Waals surface area contributed by atoms with Crippen LogP contribution in [0.3, 0.4) is 0 Å². The lowest BCUT2D eigenvalue weighted by Crippen LogP contribution is -2.12. The molecule has 1 heterocycles. The van der Waals surface area contributed by atoms with Crippen molar-refractivity contribution in [1.82, 2.24) is 4.98 Å². The quantitative estimate of drug-likeness (QED) is 0.575. The maximum atomic E-state index is 12.7. The first-order valence-electron chi connectivity index (χ1n) is 8.83. The number of carbonyl (C=O) groups excluding carboxylic acids is 1. The molecule has 0 bridgehead atoms. The summed E-state index contributed by atoms with van der Waals surface area (Å²) in [5, 5.41) is 5.11. The van der Waals surface area contributed by atoms with Crippen molar-refractivity contribution >= 4 is 22.4 Å². The minimum Gasteiger partial charge on any atom is -0.493 e. The highest BCUT2D eigenvalue weighted by Gasteiger charge is 2.18. The Hall–Kier alpha value is -3.46. The van der Waals surface area contributed by atoms with E-state index in [0.717, 1.165) is 5.56 Å². The molecule has 0 atom stereocenters. The van der Waals surface area contributed by atoms with Gasteiger partial charge in [-0.05, 0) is 30.3 Å². The predicted molar refractivity (Wildman–Crippen MR) is 115 cm³/mol. The zero-order chi connectivity index (χ0) is 21.7. The third-order valence-electron chi connectivity index (χ3n) is 4.33. The van der Waals surface area contributed by atoms with E-state index >= 15 is 0 Å². The second-order valence-corrected chi connectivity index (χ2v) is 6.83. The normalized spacial score (nSPS) is 10.3. The molecule has 1 N–H and O–H groups in total. The number of hydrogen-bond donors (Lipinski definition) is 1. The van der Waals surface area contributed by atoms with Gasteiger partial charge in [0, 0.05) is 16.5 Å². The summed E-state index contributed by atoms with van der Waals surface area (Å²) in [6.45, 7) is 0. The number of ether oxygens (including phenoxy) is 5. The van der Waals surface area contributed by atoms with Crippen molar-refractivity contribution in [2.45, 2.75) is 0 Å². The van der Waals surface area contributed by atoms with Crippen LogP contribution in [0.25, 0.3) is 11.3 Å². The maximum absolute atomic E-state index is 12.7. The highest BCUT2D eigenvalue weighted by Crippen LogP contribution is 2.38. The van der Waals surface area contributed by atoms with Gasteiger partial charge in [0.05, 0.1) is 41.2 Å². The summed E-state index contributed by atoms with van der Waals surface area (Å²) in [6, 6.07) is 8.68. The number of anilines is 1. The molecule has 0 spiro atoms. The molecule has 0 unspecified atom stereocenters. The van der Waals surface area contributed by atoms with E-state index in [1.54, 1.807) is 26.4 Å². The number of benzene rings is 2. The zero-order valence-corrected chi connectivity index (χ0v) is 18.1. The van der Waals surface area contributed by atoms with E-state index in [1.165, 1.54) is 32.7 Å². The Labute approximate surface area is 178 Å². The minimum absolute atomic E-state index is 0.345. The molecule has 8 nitrogen and oxygen atoms in total. The van der Waals surface area contributed by atoms with Crippen molar-refractivity contribution in [3.63, 3.8) is 0 Å². The smallest absolute Gasteiger partial charge is 0.257 e. The molecule has 0 radical (unpaired) electrons. The van der Waals surface area contributed by atoms with Crippen LogP contribution in [-0.2, 0) is 0 Å². The fourth-order valence-corrected chi connectivity index (χ4v) is 3.56. The Bertz CT molecular complexity index is 1020. The highest BCUT2D eigenvalue weighted by atomic mass is 32.1. The molecule has 9 heteroatoms. The van der Waals surface area contributed by atoms with Crippen LogP contribution in [0.1, 0.15) is 10.4 Å². The lowest BCUT2D eigenvalue weighted by molar-refractivity contribution is 0.102. The van der Waals surface area contributed by atoms with Crippen LogP contribution in [0.5, 0.6) is 28.7 Å². The third-order valence-corrected chi connectivity index (χ3v) is 5.09. The van der Waals surface area contributed by atoms with Crippen LogP contribution in [0.4, 0.5) is 5.13 Å². The second-order valence-electron chi connectivity index (χ2n) is 5.98. The van der Waals surface area contributed by atoms with Gasteiger partial charge < -0.3 is 23.7 Å². The average Bonchev–Trinajstić information content (AvgIpc) is 3.25. The van der Waals surface area contributed by atoms with Crippen molar-refractivity contribution in [2.24, 2.45) is 0 Å². The Kier molecular flexibility index (Phi) is 6.63. The number of thiazole rings is 1. The van der Waals surface area contributed by atoms with Crippen LogP contribution in [0.15, 0.2) is 35.7 Å². The zero-order valence-electron chi connectivity index (χ0n) is 17.3. The first-order valence-corrected chi connectivity index (χ1v) is 9.71. The molecule has 0 aliphatic carbocycles. The van der Waals surface area contributed by atoms with Crippen LogP contribution >= 0.6 is 11.3 Å². The van der Waals surface area contributed by atoms with E-state index in [1.807, 2.05) is 23.6 Å². The number of aromatic nitrogens is 1. The van der Waals surface area contributed by atoms with Gasteiger partial charge >= 0.3 is 0 Å². The Morgan fingerprint density at radius 1 is 0.833 bits per heavy atom. The number of carbonyl (C=O) groups is 1. The van der Waals surface area contributed by atoms with Crippen LogP contribution in [0.2, 0.25) is 0 Å². The van der Waals surface area contributed by atoms with E-state index in [0.29, 0.717) is 45.1 Å². The van der Waals surface area contributed by atoms with Crippen LogP contribution < -0.4 is 29.0 Å². The van der Waals surface area contributed by atoms with Crippen molar-refractivity contribution in [1.29, 1.82) is 0 Å². The highest BCUT2D eigenvalue weighted by molar-refractivity contribution is 7.14. The Morgan fingerprint density at radius 3 is 2.03 bits per heavy atom. The molecule has 0 fully saturated rings. The van der Waals surface area contributed by atoms with Gasteiger partial charge in [-0.2, -0.15) is 0 Å². The maximum Gasteiger partial charge on any atom is 0.257 e. The van der Waals surface area contributed by atoms with E-state index in [2.05, 4.69) is 10.3 Å². The van der Waals surface area contributed by atoms with Gasteiger partial charge in [-0.1, -0.05) is 0 Å². The standard InChI is InChI=1S/C21H22N2O6S/c1-25-15-7-6-12(8-16(15)26-2)14-11-30-21(22-14)23-20(24)13-9-17(27-3)19(29-5)18(10-13)28-4/h6-11H,1-5H3,(H,22,23,24). The summed E-state index contributed by atoms with van der Waals surface area (Å²) in [5.41, 5.74) is 1.91. The predicted octanol–water partition coefficient (Wildman–Crippen LogP) is 4.11. The second kappa shape index (κ2) is 9.36. The molecule has 0 saturated carbocycles. The molecule has 0 saturated heterocycles. The van der Waals surface area contributed by atoms with Crippen LogP contribution in [0, 0.1) is 0 Å². The SMILES string of the molecule is COc1ccc(-c2csc(NC(=O)c3cc(OC)c(OC)c(OC)c3)n2)cc1OC. The number of nitrogens with zero attached hydrogens (tertiary/aromatic N) is 1. The van der Waals surface area contributed by atoms with E-state index in [-0.39, 0.29) is 5.91 Å². The van der Waals surface area contributed by atoms with Gasteiger partial charge in [0.2, 0.25) is 5.75 Å². The fourth-order valence-electron chi connectivity index (χ4n) is 2.84. The van der Waals surface area contributed by atoms with E-state index in [4.69, 9.17) is 23.7 Å². The molecule has 2 aromatic carbocycles. The molecule has 3 rings (SSSR count). The van der Waals surface area contributed by atoms with Crippen molar-refractivity contribution in [3.8, 4) is 40.0 Å². The molecule has 3 aromatic rings. The Morgan fingerprint density at radius 2 is 1.47 bits per heavy atom. The van der Waals surface area contributed by atoms with Gasteiger partial charge in [-0.25, -0.2) is 4.98 Å². The number of rotatable bonds is 8. The number of nitrogens with one attached hydrogen (secondary N) is 1. The average molecular weight is 430 g/mol. The topological polar surface area (TPSA) is 88.1 Å². The molecule has 0 aliphatic heterocycles. The summed E-state index contributed by atoms with van der Waals surface area (Å²) in [5.74, 6) is 2.10. The molecular weight excluding hydrogens is 408 g/mol. The monoisotopic (exact) mass is 430 g/mol. The molecule has 0 aliphatic rings. The first-order chi connectivity index (χ1) is 14.5. The number of hydrogen-bond acceptors (Lipinski definition) is 8. The van der Waals surface area contributed by atoms with Gasteiger partial charge in [0.25, 0.3) is 5.91 Å². The lowest BCUT2D eigenvalue weighted by Gasteiger charge is -2.13. The van der Waals surface area contributed by atoms with Crippen molar-refractivity contribution in [2.75, 3.05) is 40.9 Å². The van der Waals surface area contributed by atoms with Crippen molar-refractivity contribution < 1.29 is 28.5 Å². The molecule has 1 aromatic heterocycles. The van der Waals surface area contributed by atoms with Gasteiger partial charge in [0.15, 0.2) is 28.1 Å². The fraction of sp³-hybridized carbons (Fsp3) is 0.238. The summed E-state index contributed by atoms with van der Waals surface area (Å²) < 4.78 is 26.5. The number of methoxy groups -OCH3 is 5. The van der Waals surface area contributed by atoms with E-state index < -0.39 is 0 Å². The lowest BCUT2D eigenvalue weighted by atomic mass is 10.1. The summed E-state index contributed by atoms with van der Waals surface area (Å²) in [7, 11) is 7.65. The summed E-state index contributed by atoms with van der Waals surface area (Å²) in [6.07, 6.45) is 0. The summed E-state index contributed by atoms with van der Waals surface area (Å²) in [4.78, 5) is 17.2. The van der Waals surface area contributed by atoms with Crippen LogP contribution in [-0.4, -0.2) is 46.4 Å². The molecule has 30 heavy (non-hydrogen) atoms. The Balaban J connectivity index is 1.83. The molecule has 158 valence electrons. The largest absolute Gasteiger partial charge is 0.493 e. The first kappa shape index (κ1) is 21.3. The summed E-state index contributed by atoms with van der Waals surface area (Å²) >= 11 is 1.32. The molecular formula is C21H22N2O6S. The minimum atomic E-state index is -0.345. The number of amides is 1. The van der Waals surface area contributed by atoms with Gasteiger partial charge in [0.1, 0.15) is 0 Å². The van der Waals surface area contributed by atoms with Crippen molar-refractivity contribution in [3.05, 3.63) is 41.3 Å². The van der Waals surface area contributed by atoms with Gasteiger partial charge in [-0.3, -0.25) is 10.1 Å². The van der Waals surface area contributed by atoms with Gasteiger partial charge in [-0.15, -0.1) is 11.3 Å². The van der Waals surface area contributed by atoms with E-state index in [9.17, 15) is 4.79 Å². The third kappa shape index (κ3) is 4.25.